The second-order valence-corrected chi connectivity index (χ2v) is 10.9. The van der Waals surface area contributed by atoms with Gasteiger partial charge in [0.1, 0.15) is 11.9 Å². The van der Waals surface area contributed by atoms with E-state index in [0.29, 0.717) is 11.4 Å². The Bertz CT molecular complexity index is 783. The van der Waals surface area contributed by atoms with Crippen LogP contribution in [0.25, 0.3) is 0 Å². The zero-order valence-electron chi connectivity index (χ0n) is 16.5. The molecule has 1 aromatic rings. The summed E-state index contributed by atoms with van der Waals surface area (Å²) in [5.41, 5.74) is 1.08. The maximum Gasteiger partial charge on any atom is 0.414 e. The number of nitrogens with zero attached hydrogens (tertiary/aromatic N) is 2. The number of ether oxygens (including phenoxy) is 1. The molecule has 0 aliphatic carbocycles. The monoisotopic (exact) mass is 439 g/mol. The normalized spacial score (nSPS) is 23.9. The zero-order valence-corrected chi connectivity index (χ0v) is 18.1. The summed E-state index contributed by atoms with van der Waals surface area (Å²) in [5, 5.41) is 2.64. The summed E-state index contributed by atoms with van der Waals surface area (Å²) in [7, 11) is 0. The molecule has 1 atom stereocenters. The molecule has 1 unspecified atom stereocenters. The summed E-state index contributed by atoms with van der Waals surface area (Å²) >= 11 is 4.04. The Hall–Kier alpha value is -1.61. The molecule has 3 saturated heterocycles. The summed E-state index contributed by atoms with van der Waals surface area (Å²) in [5.74, 6) is 1.87. The number of benzene rings is 1. The Morgan fingerprint density at radius 2 is 2.14 bits per heavy atom. The van der Waals surface area contributed by atoms with E-state index in [9.17, 15) is 9.59 Å². The number of thioether (sulfide) groups is 2. The first-order valence-corrected chi connectivity index (χ1v) is 12.0. The van der Waals surface area contributed by atoms with E-state index in [4.69, 9.17) is 4.74 Å². The number of cyclic esters (lactones) is 1. The standard InChI is InChI=1S/C20H26FN3O3S2/c1-14(25)22-11-16-12-24(19(26)27-16)15-4-5-18(17(21)10-15)23-7-2-6-20(13-23)28-8-3-9-29-20/h4-5,10,16H,2-3,6-9,11-13H2,1H3,(H,22,25). The highest BCUT2D eigenvalue weighted by atomic mass is 32.2. The van der Waals surface area contributed by atoms with E-state index in [2.05, 4.69) is 10.2 Å². The molecular weight excluding hydrogens is 413 g/mol. The van der Waals surface area contributed by atoms with Gasteiger partial charge in [-0.25, -0.2) is 9.18 Å². The average molecular weight is 440 g/mol. The fourth-order valence-corrected chi connectivity index (χ4v) is 7.47. The van der Waals surface area contributed by atoms with E-state index >= 15 is 4.39 Å². The van der Waals surface area contributed by atoms with Crippen molar-refractivity contribution in [3.05, 3.63) is 24.0 Å². The Balaban J connectivity index is 1.45. The van der Waals surface area contributed by atoms with Gasteiger partial charge in [-0.05, 0) is 49.0 Å². The fraction of sp³-hybridized carbons (Fsp3) is 0.600. The van der Waals surface area contributed by atoms with E-state index in [0.717, 1.165) is 19.5 Å². The van der Waals surface area contributed by atoms with Crippen molar-refractivity contribution in [1.29, 1.82) is 0 Å². The van der Waals surface area contributed by atoms with Crippen molar-refractivity contribution in [3.63, 3.8) is 0 Å². The van der Waals surface area contributed by atoms with E-state index in [1.165, 1.54) is 42.2 Å². The molecule has 0 bridgehead atoms. The van der Waals surface area contributed by atoms with E-state index < -0.39 is 12.2 Å². The van der Waals surface area contributed by atoms with Gasteiger partial charge in [0.05, 0.1) is 28.5 Å². The number of nitrogens with one attached hydrogen (secondary N) is 1. The van der Waals surface area contributed by atoms with Crippen LogP contribution in [0.15, 0.2) is 18.2 Å². The molecule has 29 heavy (non-hydrogen) atoms. The largest absolute Gasteiger partial charge is 0.442 e. The van der Waals surface area contributed by atoms with Gasteiger partial charge in [-0.15, -0.1) is 23.5 Å². The summed E-state index contributed by atoms with van der Waals surface area (Å²) < 4.78 is 20.5. The Morgan fingerprint density at radius 1 is 1.34 bits per heavy atom. The molecule has 4 rings (SSSR count). The minimum absolute atomic E-state index is 0.177. The Labute approximate surface area is 178 Å². The topological polar surface area (TPSA) is 61.9 Å². The van der Waals surface area contributed by atoms with Gasteiger partial charge in [-0.2, -0.15) is 0 Å². The SMILES string of the molecule is CC(=O)NCC1CN(c2ccc(N3CCCC4(C3)SCCCS4)c(F)c2)C(=O)O1. The lowest BCUT2D eigenvalue weighted by Crippen LogP contribution is -2.45. The van der Waals surface area contributed by atoms with Crippen LogP contribution >= 0.6 is 23.5 Å². The molecule has 3 aliphatic rings. The molecule has 1 aromatic carbocycles. The lowest BCUT2D eigenvalue weighted by atomic mass is 10.1. The highest BCUT2D eigenvalue weighted by Crippen LogP contribution is 2.48. The highest BCUT2D eigenvalue weighted by molar-refractivity contribution is 8.18. The Kier molecular flexibility index (Phi) is 6.15. The van der Waals surface area contributed by atoms with Crippen molar-refractivity contribution in [1.82, 2.24) is 5.32 Å². The molecular formula is C20H26FN3O3S2. The van der Waals surface area contributed by atoms with Crippen LogP contribution in [0.4, 0.5) is 20.6 Å². The molecule has 0 radical (unpaired) electrons. The van der Waals surface area contributed by atoms with E-state index in [1.54, 1.807) is 12.1 Å². The second-order valence-electron chi connectivity index (χ2n) is 7.68. The predicted octanol–water partition coefficient (Wildman–Crippen LogP) is 3.45. The number of amides is 2. The van der Waals surface area contributed by atoms with E-state index in [-0.39, 0.29) is 28.9 Å². The number of rotatable bonds is 4. The maximum atomic E-state index is 15.0. The Morgan fingerprint density at radius 3 is 2.86 bits per heavy atom. The van der Waals surface area contributed by atoms with Gasteiger partial charge in [-0.3, -0.25) is 9.69 Å². The van der Waals surface area contributed by atoms with Crippen LogP contribution in [0.3, 0.4) is 0 Å². The van der Waals surface area contributed by atoms with Crippen molar-refractivity contribution in [3.8, 4) is 0 Å². The van der Waals surface area contributed by atoms with Crippen LogP contribution in [0.5, 0.6) is 0 Å². The summed E-state index contributed by atoms with van der Waals surface area (Å²) in [6, 6.07) is 4.97. The third-order valence-corrected chi connectivity index (χ3v) is 8.88. The van der Waals surface area contributed by atoms with Gasteiger partial charge in [0.2, 0.25) is 5.91 Å². The second kappa shape index (κ2) is 8.63. The van der Waals surface area contributed by atoms with Crippen LogP contribution in [-0.2, 0) is 9.53 Å². The van der Waals surface area contributed by atoms with Crippen molar-refractivity contribution in [2.45, 2.75) is 36.4 Å². The van der Waals surface area contributed by atoms with Crippen molar-refractivity contribution in [2.75, 3.05) is 47.5 Å². The lowest BCUT2D eigenvalue weighted by molar-refractivity contribution is -0.119. The van der Waals surface area contributed by atoms with E-state index in [1.807, 2.05) is 23.5 Å². The van der Waals surface area contributed by atoms with Gasteiger partial charge in [0.15, 0.2) is 0 Å². The van der Waals surface area contributed by atoms with Gasteiger partial charge < -0.3 is 15.0 Å². The molecule has 3 aliphatic heterocycles. The van der Waals surface area contributed by atoms with Crippen LogP contribution in [0.1, 0.15) is 26.2 Å². The van der Waals surface area contributed by atoms with Gasteiger partial charge in [-0.1, -0.05) is 0 Å². The number of carbonyl (C=O) groups excluding carboxylic acids is 2. The third kappa shape index (κ3) is 4.60. The van der Waals surface area contributed by atoms with Crippen LogP contribution in [0, 0.1) is 5.82 Å². The van der Waals surface area contributed by atoms with Crippen LogP contribution in [-0.4, -0.2) is 59.9 Å². The van der Waals surface area contributed by atoms with Gasteiger partial charge in [0, 0.05) is 20.0 Å². The lowest BCUT2D eigenvalue weighted by Gasteiger charge is -2.45. The molecule has 3 heterocycles. The molecule has 0 saturated carbocycles. The molecule has 1 spiro atoms. The van der Waals surface area contributed by atoms with Crippen LogP contribution in [0.2, 0.25) is 0 Å². The first-order chi connectivity index (χ1) is 14.0. The average Bonchev–Trinajstić information content (AvgIpc) is 3.07. The number of carbonyl (C=O) groups is 2. The number of halogens is 1. The highest BCUT2D eigenvalue weighted by Gasteiger charge is 2.39. The molecule has 3 fully saturated rings. The molecule has 158 valence electrons. The molecule has 1 N–H and O–H groups in total. The maximum absolute atomic E-state index is 15.0. The number of anilines is 2. The fourth-order valence-electron chi connectivity index (χ4n) is 4.06. The summed E-state index contributed by atoms with van der Waals surface area (Å²) in [6.07, 6.45) is 2.53. The predicted molar refractivity (Wildman–Crippen MR) is 116 cm³/mol. The van der Waals surface area contributed by atoms with Crippen molar-refractivity contribution >= 4 is 46.9 Å². The first-order valence-electron chi connectivity index (χ1n) is 10.0. The number of piperidine rings is 1. The summed E-state index contributed by atoms with van der Waals surface area (Å²) in [4.78, 5) is 26.8. The first kappa shape index (κ1) is 20.7. The number of hydrogen-bond donors (Lipinski definition) is 1. The minimum atomic E-state index is -0.514. The van der Waals surface area contributed by atoms with Gasteiger partial charge in [0.25, 0.3) is 0 Å². The molecule has 6 nitrogen and oxygen atoms in total. The molecule has 0 aromatic heterocycles. The smallest absolute Gasteiger partial charge is 0.414 e. The van der Waals surface area contributed by atoms with Crippen molar-refractivity contribution in [2.24, 2.45) is 0 Å². The summed E-state index contributed by atoms with van der Waals surface area (Å²) in [6.45, 7) is 3.66. The molecule has 2 amide bonds. The van der Waals surface area contributed by atoms with Crippen molar-refractivity contribution < 1.29 is 18.7 Å². The zero-order chi connectivity index (χ0) is 20.4. The molecule has 9 heteroatoms. The number of hydrogen-bond acceptors (Lipinski definition) is 6. The third-order valence-electron chi connectivity index (χ3n) is 5.47. The quantitative estimate of drug-likeness (QED) is 0.775. The van der Waals surface area contributed by atoms with Crippen LogP contribution < -0.4 is 15.1 Å². The van der Waals surface area contributed by atoms with Gasteiger partial charge >= 0.3 is 6.09 Å². The minimum Gasteiger partial charge on any atom is -0.442 e.